The molecule has 28 heavy (non-hydrogen) atoms. The number of nitrogens with one attached hydrogen (secondary N) is 2. The number of halogens is 2. The van der Waals surface area contributed by atoms with Crippen molar-refractivity contribution in [3.63, 3.8) is 0 Å². The summed E-state index contributed by atoms with van der Waals surface area (Å²) in [4.78, 5) is 37.4. The predicted molar refractivity (Wildman–Crippen MR) is 110 cm³/mol. The third-order valence-corrected chi connectivity index (χ3v) is 5.69. The van der Waals surface area contributed by atoms with Gasteiger partial charge in [0.2, 0.25) is 15.9 Å². The summed E-state index contributed by atoms with van der Waals surface area (Å²) in [5.41, 5.74) is 0.559. The maximum atomic E-state index is 12.4. The van der Waals surface area contributed by atoms with Crippen molar-refractivity contribution in [1.29, 1.82) is 0 Å². The summed E-state index contributed by atoms with van der Waals surface area (Å²) in [6, 6.07) is 4.80. The molecule has 0 spiro atoms. The Morgan fingerprint density at radius 3 is 2.61 bits per heavy atom. The van der Waals surface area contributed by atoms with E-state index in [1.165, 1.54) is 12.1 Å². The average Bonchev–Trinajstić information content (AvgIpc) is 2.83. The Labute approximate surface area is 176 Å². The normalized spacial score (nSPS) is 16.1. The molecule has 0 radical (unpaired) electrons. The van der Waals surface area contributed by atoms with Gasteiger partial charge >= 0.3 is 0 Å². The molecule has 152 valence electrons. The molecule has 1 aliphatic heterocycles. The second-order valence-electron chi connectivity index (χ2n) is 5.77. The van der Waals surface area contributed by atoms with Crippen molar-refractivity contribution in [2.75, 3.05) is 25.9 Å². The van der Waals surface area contributed by atoms with Crippen LogP contribution in [0, 0.1) is 0 Å². The maximum Gasteiger partial charge on any atom is 0.293 e. The van der Waals surface area contributed by atoms with Gasteiger partial charge in [-0.25, -0.2) is 13.1 Å². The number of hydrogen-bond acceptors (Lipinski definition) is 6. The first-order valence-electron chi connectivity index (χ1n) is 7.98. The molecule has 0 saturated carbocycles. The van der Waals surface area contributed by atoms with Crippen LogP contribution in [0.5, 0.6) is 0 Å². The van der Waals surface area contributed by atoms with Crippen molar-refractivity contribution in [2.45, 2.75) is 6.42 Å². The number of thioether (sulfide) groups is 1. The Hall–Kier alpha value is -1.59. The number of imide groups is 1. The van der Waals surface area contributed by atoms with Crippen molar-refractivity contribution in [3.05, 3.63) is 38.7 Å². The van der Waals surface area contributed by atoms with Gasteiger partial charge in [-0.15, -0.1) is 0 Å². The van der Waals surface area contributed by atoms with Gasteiger partial charge in [0.05, 0.1) is 11.2 Å². The van der Waals surface area contributed by atoms with Crippen LogP contribution in [0.4, 0.5) is 4.79 Å². The van der Waals surface area contributed by atoms with Crippen LogP contribution >= 0.6 is 35.0 Å². The molecule has 1 aliphatic rings. The number of benzene rings is 1. The van der Waals surface area contributed by atoms with Crippen molar-refractivity contribution >= 4 is 68.1 Å². The number of amides is 3. The molecular weight excluding hydrogens is 449 g/mol. The molecule has 1 aromatic rings. The fourth-order valence-corrected chi connectivity index (χ4v) is 3.99. The molecule has 2 N–H and O–H groups in total. The van der Waals surface area contributed by atoms with Crippen LogP contribution in [0.25, 0.3) is 6.08 Å². The SMILES string of the molecule is CS(=O)(=O)NCCC(=O)NCCN1C(=O)S/C(=C\c2ccc(Cl)cc2Cl)C1=O. The van der Waals surface area contributed by atoms with E-state index in [-0.39, 0.29) is 31.0 Å². The largest absolute Gasteiger partial charge is 0.354 e. The molecule has 1 fully saturated rings. The van der Waals surface area contributed by atoms with Gasteiger partial charge in [0.1, 0.15) is 0 Å². The minimum absolute atomic E-state index is 0.00159. The van der Waals surface area contributed by atoms with Gasteiger partial charge in [-0.1, -0.05) is 29.3 Å². The highest BCUT2D eigenvalue weighted by Crippen LogP contribution is 2.33. The fraction of sp³-hybridized carbons (Fsp3) is 0.312. The molecule has 1 saturated heterocycles. The second-order valence-corrected chi connectivity index (χ2v) is 9.44. The second kappa shape index (κ2) is 9.75. The highest BCUT2D eigenvalue weighted by atomic mass is 35.5. The summed E-state index contributed by atoms with van der Waals surface area (Å²) < 4.78 is 24.0. The predicted octanol–water partition coefficient (Wildman–Crippen LogP) is 2.09. The van der Waals surface area contributed by atoms with E-state index in [2.05, 4.69) is 10.0 Å². The Balaban J connectivity index is 1.88. The van der Waals surface area contributed by atoms with Crippen molar-refractivity contribution < 1.29 is 22.8 Å². The number of carbonyl (C=O) groups is 3. The van der Waals surface area contributed by atoms with Gasteiger partial charge in [-0.05, 0) is 35.5 Å². The lowest BCUT2D eigenvalue weighted by Gasteiger charge is -2.13. The lowest BCUT2D eigenvalue weighted by Crippen LogP contribution is -2.38. The standard InChI is InChI=1S/C16H17Cl2N3O5S2/c1-28(25,26)20-5-4-14(22)19-6-7-21-15(23)13(27-16(21)24)8-10-2-3-11(17)9-12(10)18/h2-3,8-9,20H,4-7H2,1H3,(H,19,22)/b13-8-. The molecule has 0 aromatic heterocycles. The van der Waals surface area contributed by atoms with Crippen LogP contribution in [0.1, 0.15) is 12.0 Å². The van der Waals surface area contributed by atoms with Crippen molar-refractivity contribution in [1.82, 2.24) is 14.9 Å². The Kier molecular flexibility index (Phi) is 7.90. The number of nitrogens with zero attached hydrogens (tertiary/aromatic N) is 1. The van der Waals surface area contributed by atoms with E-state index in [1.807, 2.05) is 0 Å². The van der Waals surface area contributed by atoms with E-state index in [9.17, 15) is 22.8 Å². The van der Waals surface area contributed by atoms with E-state index in [4.69, 9.17) is 23.2 Å². The fourth-order valence-electron chi connectivity index (χ4n) is 2.20. The van der Waals surface area contributed by atoms with Crippen LogP contribution in [-0.4, -0.2) is 56.3 Å². The van der Waals surface area contributed by atoms with Crippen molar-refractivity contribution in [2.24, 2.45) is 0 Å². The first-order valence-corrected chi connectivity index (χ1v) is 11.4. The van der Waals surface area contributed by atoms with Crippen LogP contribution in [0.2, 0.25) is 10.0 Å². The van der Waals surface area contributed by atoms with E-state index in [0.717, 1.165) is 22.9 Å². The lowest BCUT2D eigenvalue weighted by atomic mass is 10.2. The Morgan fingerprint density at radius 2 is 1.96 bits per heavy atom. The molecule has 1 aromatic carbocycles. The summed E-state index contributed by atoms with van der Waals surface area (Å²) in [6.45, 7) is 0.0309. The zero-order valence-corrected chi connectivity index (χ0v) is 17.8. The Bertz CT molecular complexity index is 934. The average molecular weight is 466 g/mol. The highest BCUT2D eigenvalue weighted by Gasteiger charge is 2.34. The molecule has 0 bridgehead atoms. The molecule has 8 nitrogen and oxygen atoms in total. The quantitative estimate of drug-likeness (QED) is 0.568. The minimum atomic E-state index is -3.36. The lowest BCUT2D eigenvalue weighted by molar-refractivity contribution is -0.124. The minimum Gasteiger partial charge on any atom is -0.354 e. The van der Waals surface area contributed by atoms with E-state index in [1.54, 1.807) is 12.1 Å². The van der Waals surface area contributed by atoms with Gasteiger partial charge in [0.15, 0.2) is 0 Å². The summed E-state index contributed by atoms with van der Waals surface area (Å²) in [5.74, 6) is -0.874. The number of hydrogen-bond donors (Lipinski definition) is 2. The van der Waals surface area contributed by atoms with Gasteiger partial charge in [-0.2, -0.15) is 0 Å². The molecule has 0 atom stereocenters. The van der Waals surface area contributed by atoms with Gasteiger partial charge in [-0.3, -0.25) is 19.3 Å². The first kappa shape index (κ1) is 22.7. The van der Waals surface area contributed by atoms with Crippen molar-refractivity contribution in [3.8, 4) is 0 Å². The third-order valence-electron chi connectivity index (χ3n) is 3.50. The molecule has 3 amide bonds. The molecule has 0 aliphatic carbocycles. The summed E-state index contributed by atoms with van der Waals surface area (Å²) >= 11 is 12.7. The van der Waals surface area contributed by atoms with Gasteiger partial charge in [0, 0.05) is 36.1 Å². The van der Waals surface area contributed by atoms with Crippen LogP contribution < -0.4 is 10.0 Å². The number of rotatable bonds is 8. The van der Waals surface area contributed by atoms with Gasteiger partial charge in [0.25, 0.3) is 11.1 Å². The van der Waals surface area contributed by atoms with E-state index >= 15 is 0 Å². The molecular formula is C16H17Cl2N3O5S2. The smallest absolute Gasteiger partial charge is 0.293 e. The number of carbonyl (C=O) groups excluding carboxylic acids is 3. The topological polar surface area (TPSA) is 113 Å². The van der Waals surface area contributed by atoms with Gasteiger partial charge < -0.3 is 5.32 Å². The number of sulfonamides is 1. The van der Waals surface area contributed by atoms with Crippen LogP contribution in [0.3, 0.4) is 0 Å². The van der Waals surface area contributed by atoms with Crippen LogP contribution in [0.15, 0.2) is 23.1 Å². The molecule has 0 unspecified atom stereocenters. The zero-order valence-electron chi connectivity index (χ0n) is 14.7. The highest BCUT2D eigenvalue weighted by molar-refractivity contribution is 8.18. The summed E-state index contributed by atoms with van der Waals surface area (Å²) in [5, 5.41) is 2.89. The van der Waals surface area contributed by atoms with Crippen LogP contribution in [-0.2, 0) is 19.6 Å². The summed E-state index contributed by atoms with van der Waals surface area (Å²) in [7, 11) is -3.36. The van der Waals surface area contributed by atoms with E-state index < -0.39 is 27.1 Å². The molecule has 2 rings (SSSR count). The zero-order chi connectivity index (χ0) is 20.9. The Morgan fingerprint density at radius 1 is 1.25 bits per heavy atom. The van der Waals surface area contributed by atoms with E-state index in [0.29, 0.717) is 15.6 Å². The summed E-state index contributed by atoms with van der Waals surface area (Å²) in [6.07, 6.45) is 2.46. The molecule has 1 heterocycles. The molecule has 12 heteroatoms. The monoisotopic (exact) mass is 465 g/mol. The third kappa shape index (κ3) is 6.78. The first-order chi connectivity index (χ1) is 13.1. The maximum absolute atomic E-state index is 12.4.